The summed E-state index contributed by atoms with van der Waals surface area (Å²) in [7, 11) is 1.31. The molecule has 0 saturated heterocycles. The molecule has 0 aliphatic carbocycles. The first-order valence-corrected chi connectivity index (χ1v) is 7.09. The third-order valence-electron chi connectivity index (χ3n) is 3.14. The van der Waals surface area contributed by atoms with E-state index in [1.807, 2.05) is 0 Å². The molecule has 132 valence electrons. The molecule has 1 amide bonds. The number of amides is 1. The molecule has 10 nitrogen and oxygen atoms in total. The van der Waals surface area contributed by atoms with Gasteiger partial charge in [0.25, 0.3) is 11.6 Å². The maximum Gasteiger partial charge on any atom is 0.377 e. The fourth-order valence-corrected chi connectivity index (χ4v) is 1.86. The number of nitro benzene ring substituents is 1. The summed E-state index contributed by atoms with van der Waals surface area (Å²) in [5.41, 5.74) is 0.520. The van der Waals surface area contributed by atoms with Crippen LogP contribution < -0.4 is 10.1 Å². The van der Waals surface area contributed by atoms with Gasteiger partial charge < -0.3 is 19.3 Å². The van der Waals surface area contributed by atoms with Gasteiger partial charge in [-0.25, -0.2) is 4.79 Å². The van der Waals surface area contributed by atoms with E-state index in [0.29, 0.717) is 5.69 Å². The number of aromatic nitrogens is 1. The van der Waals surface area contributed by atoms with Gasteiger partial charge in [-0.1, -0.05) is 5.16 Å². The number of anilines is 1. The smallest absolute Gasteiger partial charge is 0.377 e. The number of ether oxygens (including phenoxy) is 2. The third-order valence-corrected chi connectivity index (χ3v) is 3.14. The Kier molecular flexibility index (Phi) is 5.32. The number of nitrogens with one attached hydrogen (secondary N) is 1. The first kappa shape index (κ1) is 17.9. The van der Waals surface area contributed by atoms with E-state index in [9.17, 15) is 19.7 Å². The number of hydrogen-bond donors (Lipinski definition) is 1. The number of nitro groups is 1. The van der Waals surface area contributed by atoms with E-state index in [1.54, 1.807) is 6.92 Å². The predicted molar refractivity (Wildman–Crippen MR) is 84.4 cm³/mol. The van der Waals surface area contributed by atoms with E-state index in [0.717, 1.165) is 0 Å². The van der Waals surface area contributed by atoms with Gasteiger partial charge in [0.1, 0.15) is 5.75 Å². The minimum atomic E-state index is -1.14. The second-order valence-electron chi connectivity index (χ2n) is 5.01. The van der Waals surface area contributed by atoms with Crippen molar-refractivity contribution in [3.63, 3.8) is 0 Å². The van der Waals surface area contributed by atoms with Crippen molar-refractivity contribution in [1.82, 2.24) is 5.16 Å². The van der Waals surface area contributed by atoms with Crippen molar-refractivity contribution >= 4 is 23.3 Å². The van der Waals surface area contributed by atoms with Gasteiger partial charge in [-0.3, -0.25) is 14.9 Å². The molecule has 1 aromatic heterocycles. The molecule has 0 spiro atoms. The highest BCUT2D eigenvalue weighted by molar-refractivity contribution is 5.97. The number of non-ortho nitro benzene ring substituents is 1. The summed E-state index contributed by atoms with van der Waals surface area (Å²) in [6.07, 6.45) is -1.14. The highest BCUT2D eigenvalue weighted by Gasteiger charge is 2.23. The Balaban J connectivity index is 2.05. The molecule has 0 unspecified atom stereocenters. The summed E-state index contributed by atoms with van der Waals surface area (Å²) >= 11 is 0. The average Bonchev–Trinajstić information content (AvgIpc) is 3.01. The maximum atomic E-state index is 12.1. The van der Waals surface area contributed by atoms with E-state index in [-0.39, 0.29) is 22.9 Å². The van der Waals surface area contributed by atoms with Crippen LogP contribution in [0.1, 0.15) is 23.2 Å². The zero-order valence-corrected chi connectivity index (χ0v) is 13.6. The van der Waals surface area contributed by atoms with E-state index < -0.39 is 22.9 Å². The minimum Gasteiger partial charge on any atom is -0.494 e. The fourth-order valence-electron chi connectivity index (χ4n) is 1.86. The number of aryl methyl sites for hydroxylation is 1. The van der Waals surface area contributed by atoms with Crippen molar-refractivity contribution in [3.8, 4) is 5.75 Å². The predicted octanol–water partition coefficient (Wildman–Crippen LogP) is 2.08. The highest BCUT2D eigenvalue weighted by Crippen LogP contribution is 2.29. The molecule has 2 aromatic rings. The number of nitrogens with zero attached hydrogens (tertiary/aromatic N) is 2. The van der Waals surface area contributed by atoms with Crippen molar-refractivity contribution in [2.45, 2.75) is 20.0 Å². The van der Waals surface area contributed by atoms with Crippen LogP contribution in [0.3, 0.4) is 0 Å². The van der Waals surface area contributed by atoms with Crippen LogP contribution in [-0.2, 0) is 9.53 Å². The van der Waals surface area contributed by atoms with Crippen molar-refractivity contribution in [2.75, 3.05) is 12.4 Å². The number of carbonyl (C=O) groups excluding carboxylic acids is 2. The monoisotopic (exact) mass is 349 g/mol. The number of carbonyl (C=O) groups is 2. The van der Waals surface area contributed by atoms with Gasteiger partial charge in [0, 0.05) is 12.1 Å². The normalized spacial score (nSPS) is 11.5. The van der Waals surface area contributed by atoms with Crippen molar-refractivity contribution in [3.05, 3.63) is 45.8 Å². The molecule has 0 saturated carbocycles. The lowest BCUT2D eigenvalue weighted by Crippen LogP contribution is -2.30. The molecule has 0 radical (unpaired) electrons. The summed E-state index contributed by atoms with van der Waals surface area (Å²) in [4.78, 5) is 34.2. The highest BCUT2D eigenvalue weighted by atomic mass is 16.6. The van der Waals surface area contributed by atoms with Gasteiger partial charge in [0.05, 0.1) is 29.5 Å². The molecular formula is C15H15N3O7. The van der Waals surface area contributed by atoms with Crippen LogP contribution in [-0.4, -0.2) is 35.2 Å². The third kappa shape index (κ3) is 4.31. The first-order chi connectivity index (χ1) is 11.8. The first-order valence-electron chi connectivity index (χ1n) is 7.09. The molecule has 0 aliphatic rings. The van der Waals surface area contributed by atoms with Gasteiger partial charge >= 0.3 is 5.97 Å². The topological polar surface area (TPSA) is 134 Å². The Hall–Kier alpha value is -3.43. The van der Waals surface area contributed by atoms with Crippen molar-refractivity contribution < 1.29 is 28.5 Å². The SMILES string of the molecule is COc1cc([N+](=O)[O-])ccc1NC(=O)[C@H](C)OC(=O)c1cc(C)no1. The van der Waals surface area contributed by atoms with Crippen LogP contribution in [0.2, 0.25) is 0 Å². The Bertz CT molecular complexity index is 815. The molecule has 0 bridgehead atoms. The van der Waals surface area contributed by atoms with Gasteiger partial charge in [-0.15, -0.1) is 0 Å². The van der Waals surface area contributed by atoms with Gasteiger partial charge in [0.2, 0.25) is 5.76 Å². The average molecular weight is 349 g/mol. The van der Waals surface area contributed by atoms with Crippen LogP contribution >= 0.6 is 0 Å². The lowest BCUT2D eigenvalue weighted by Gasteiger charge is -2.14. The van der Waals surface area contributed by atoms with Crippen LogP contribution in [0, 0.1) is 17.0 Å². The molecule has 10 heteroatoms. The van der Waals surface area contributed by atoms with E-state index in [2.05, 4.69) is 10.5 Å². The van der Waals surface area contributed by atoms with Gasteiger partial charge in [0.15, 0.2) is 6.10 Å². The number of benzene rings is 1. The van der Waals surface area contributed by atoms with Crippen molar-refractivity contribution in [2.24, 2.45) is 0 Å². The lowest BCUT2D eigenvalue weighted by molar-refractivity contribution is -0.384. The second kappa shape index (κ2) is 7.43. The van der Waals surface area contributed by atoms with E-state index in [1.165, 1.54) is 38.3 Å². The fraction of sp³-hybridized carbons (Fsp3) is 0.267. The number of methoxy groups -OCH3 is 1. The van der Waals surface area contributed by atoms with E-state index >= 15 is 0 Å². The number of esters is 1. The molecule has 0 aliphatic heterocycles. The molecule has 25 heavy (non-hydrogen) atoms. The number of rotatable bonds is 6. The zero-order valence-electron chi connectivity index (χ0n) is 13.6. The Morgan fingerprint density at radius 2 is 2.08 bits per heavy atom. The molecule has 2 rings (SSSR count). The molecule has 1 N–H and O–H groups in total. The largest absolute Gasteiger partial charge is 0.494 e. The molecule has 1 atom stereocenters. The van der Waals surface area contributed by atoms with Gasteiger partial charge in [-0.05, 0) is 19.9 Å². The zero-order chi connectivity index (χ0) is 18.6. The molecule has 1 heterocycles. The minimum absolute atomic E-state index is 0.104. The Morgan fingerprint density at radius 1 is 1.36 bits per heavy atom. The summed E-state index contributed by atoms with van der Waals surface area (Å²) in [5.74, 6) is -1.49. The van der Waals surface area contributed by atoms with Crippen LogP contribution in [0.4, 0.5) is 11.4 Å². The lowest BCUT2D eigenvalue weighted by atomic mass is 10.2. The summed E-state index contributed by atoms with van der Waals surface area (Å²) in [5, 5.41) is 16.8. The van der Waals surface area contributed by atoms with Crippen LogP contribution in [0.15, 0.2) is 28.8 Å². The molecular weight excluding hydrogens is 334 g/mol. The van der Waals surface area contributed by atoms with E-state index in [4.69, 9.17) is 14.0 Å². The van der Waals surface area contributed by atoms with Gasteiger partial charge in [-0.2, -0.15) is 0 Å². The summed E-state index contributed by atoms with van der Waals surface area (Å²) in [6.45, 7) is 3.01. The Labute approximate surface area is 141 Å². The summed E-state index contributed by atoms with van der Waals surface area (Å²) in [6, 6.07) is 5.09. The Morgan fingerprint density at radius 3 is 2.64 bits per heavy atom. The second-order valence-corrected chi connectivity index (χ2v) is 5.01. The standard InChI is InChI=1S/C15H15N3O7/c1-8-6-13(25-17-8)15(20)24-9(2)14(19)16-11-5-4-10(18(21)22)7-12(11)23-3/h4-7,9H,1-3H3,(H,16,19)/t9-/m0/s1. The molecule has 0 fully saturated rings. The maximum absolute atomic E-state index is 12.1. The quantitative estimate of drug-likeness (QED) is 0.476. The van der Waals surface area contributed by atoms with Crippen LogP contribution in [0.5, 0.6) is 5.75 Å². The number of hydrogen-bond acceptors (Lipinski definition) is 8. The summed E-state index contributed by atoms with van der Waals surface area (Å²) < 4.78 is 14.8. The molecule has 1 aromatic carbocycles. The van der Waals surface area contributed by atoms with Crippen molar-refractivity contribution in [1.29, 1.82) is 0 Å². The van der Waals surface area contributed by atoms with Crippen LogP contribution in [0.25, 0.3) is 0 Å².